The van der Waals surface area contributed by atoms with Crippen molar-refractivity contribution in [1.29, 1.82) is 0 Å². The van der Waals surface area contributed by atoms with Crippen molar-refractivity contribution < 1.29 is 19.1 Å². The predicted octanol–water partition coefficient (Wildman–Crippen LogP) is 3.95. The Morgan fingerprint density at radius 2 is 2.00 bits per heavy atom. The third kappa shape index (κ3) is 4.18. The molecule has 0 atom stereocenters. The van der Waals surface area contributed by atoms with E-state index in [4.69, 9.17) is 26.8 Å². The zero-order chi connectivity index (χ0) is 20.4. The molecule has 0 unspecified atom stereocenters. The van der Waals surface area contributed by atoms with Crippen LogP contribution in [0.2, 0.25) is 5.02 Å². The standard InChI is InChI=1S/C19H18ClN3O4S/c1-9-4-10(2)17-15(5-9)28-19(23-17)22-16(24)8-27-18(25)11-6-12(20)13(21)7-14(11)26-3/h4-7H,8,21H2,1-3H3,(H,22,23,24). The lowest BCUT2D eigenvalue weighted by atomic mass is 10.1. The van der Waals surface area contributed by atoms with Crippen molar-refractivity contribution in [2.75, 3.05) is 24.8 Å². The monoisotopic (exact) mass is 419 g/mol. The Morgan fingerprint density at radius 3 is 2.71 bits per heavy atom. The van der Waals surface area contributed by atoms with Gasteiger partial charge in [-0.25, -0.2) is 9.78 Å². The first-order valence-corrected chi connectivity index (χ1v) is 9.45. The zero-order valence-corrected chi connectivity index (χ0v) is 17.0. The summed E-state index contributed by atoms with van der Waals surface area (Å²) < 4.78 is 11.2. The Labute approximate surface area is 170 Å². The Bertz CT molecular complexity index is 1080. The number of aromatic nitrogens is 1. The number of benzene rings is 2. The number of nitrogens with two attached hydrogens (primary N) is 1. The second kappa shape index (κ2) is 8.04. The Kier molecular flexibility index (Phi) is 5.71. The first kappa shape index (κ1) is 19.9. The predicted molar refractivity (Wildman–Crippen MR) is 110 cm³/mol. The molecule has 0 saturated heterocycles. The molecule has 1 amide bonds. The smallest absolute Gasteiger partial charge is 0.342 e. The van der Waals surface area contributed by atoms with Gasteiger partial charge in [-0.3, -0.25) is 10.1 Å². The molecular weight excluding hydrogens is 402 g/mol. The number of amides is 1. The number of nitrogen functional groups attached to an aromatic ring is 1. The number of aryl methyl sites for hydroxylation is 2. The van der Waals surface area contributed by atoms with Gasteiger partial charge in [0.2, 0.25) is 0 Å². The van der Waals surface area contributed by atoms with Gasteiger partial charge >= 0.3 is 5.97 Å². The zero-order valence-electron chi connectivity index (χ0n) is 15.5. The molecule has 146 valence electrons. The summed E-state index contributed by atoms with van der Waals surface area (Å²) in [6, 6.07) is 6.80. The topological polar surface area (TPSA) is 104 Å². The molecule has 7 nitrogen and oxygen atoms in total. The summed E-state index contributed by atoms with van der Waals surface area (Å²) in [6.45, 7) is 3.49. The average Bonchev–Trinajstić information content (AvgIpc) is 3.04. The van der Waals surface area contributed by atoms with Gasteiger partial charge in [0.05, 0.1) is 28.0 Å². The molecule has 1 aromatic heterocycles. The minimum Gasteiger partial charge on any atom is -0.496 e. The SMILES string of the molecule is COc1cc(N)c(Cl)cc1C(=O)OCC(=O)Nc1nc2c(C)cc(C)cc2s1. The molecule has 0 fully saturated rings. The molecule has 3 rings (SSSR count). The Morgan fingerprint density at radius 1 is 1.25 bits per heavy atom. The fraction of sp³-hybridized carbons (Fsp3) is 0.211. The maximum atomic E-state index is 12.3. The van der Waals surface area contributed by atoms with Crippen LogP contribution in [0.1, 0.15) is 21.5 Å². The molecular formula is C19H18ClN3O4S. The van der Waals surface area contributed by atoms with Crippen molar-refractivity contribution in [1.82, 2.24) is 4.98 Å². The van der Waals surface area contributed by atoms with E-state index in [0.29, 0.717) is 5.13 Å². The van der Waals surface area contributed by atoms with Gasteiger partial charge in [-0.1, -0.05) is 29.0 Å². The van der Waals surface area contributed by atoms with E-state index in [1.807, 2.05) is 26.0 Å². The summed E-state index contributed by atoms with van der Waals surface area (Å²) in [6.07, 6.45) is 0. The maximum Gasteiger partial charge on any atom is 0.342 e. The molecule has 0 radical (unpaired) electrons. The molecule has 2 aromatic carbocycles. The number of carbonyl (C=O) groups is 2. The van der Waals surface area contributed by atoms with Crippen molar-refractivity contribution in [3.63, 3.8) is 0 Å². The summed E-state index contributed by atoms with van der Waals surface area (Å²) in [5.41, 5.74) is 9.04. The molecule has 0 aliphatic rings. The number of esters is 1. The van der Waals surface area contributed by atoms with E-state index < -0.39 is 18.5 Å². The molecule has 0 aliphatic heterocycles. The number of fused-ring (bicyclic) bond motifs is 1. The molecule has 9 heteroatoms. The number of halogens is 1. The highest BCUT2D eigenvalue weighted by Gasteiger charge is 2.18. The van der Waals surface area contributed by atoms with Gasteiger partial charge in [0.25, 0.3) is 5.91 Å². The maximum absolute atomic E-state index is 12.3. The number of nitrogens with zero attached hydrogens (tertiary/aromatic N) is 1. The molecule has 0 aliphatic carbocycles. The van der Waals surface area contributed by atoms with Crippen LogP contribution >= 0.6 is 22.9 Å². The molecule has 0 saturated carbocycles. The van der Waals surface area contributed by atoms with Crippen LogP contribution in [0.25, 0.3) is 10.2 Å². The number of hydrogen-bond acceptors (Lipinski definition) is 7. The Balaban J connectivity index is 1.67. The van der Waals surface area contributed by atoms with E-state index >= 15 is 0 Å². The second-order valence-electron chi connectivity index (χ2n) is 6.15. The number of methoxy groups -OCH3 is 1. The van der Waals surface area contributed by atoms with E-state index in [0.717, 1.165) is 21.3 Å². The lowest BCUT2D eigenvalue weighted by Gasteiger charge is -2.10. The summed E-state index contributed by atoms with van der Waals surface area (Å²) in [7, 11) is 1.39. The number of ether oxygens (including phenoxy) is 2. The number of hydrogen-bond donors (Lipinski definition) is 2. The van der Waals surface area contributed by atoms with Crippen LogP contribution in [0.15, 0.2) is 24.3 Å². The van der Waals surface area contributed by atoms with Crippen LogP contribution in [-0.2, 0) is 9.53 Å². The number of carbonyl (C=O) groups excluding carboxylic acids is 2. The summed E-state index contributed by atoms with van der Waals surface area (Å²) in [4.78, 5) is 28.8. The van der Waals surface area contributed by atoms with Gasteiger partial charge in [0.15, 0.2) is 11.7 Å². The van der Waals surface area contributed by atoms with Crippen LogP contribution in [0.3, 0.4) is 0 Å². The number of nitrogens with one attached hydrogen (secondary N) is 1. The number of thiazole rings is 1. The van der Waals surface area contributed by atoms with Gasteiger partial charge in [0.1, 0.15) is 11.3 Å². The largest absolute Gasteiger partial charge is 0.496 e. The third-order valence-electron chi connectivity index (χ3n) is 3.95. The summed E-state index contributed by atoms with van der Waals surface area (Å²) >= 11 is 7.30. The first-order valence-electron chi connectivity index (χ1n) is 8.26. The highest BCUT2D eigenvalue weighted by atomic mass is 35.5. The van der Waals surface area contributed by atoms with E-state index in [9.17, 15) is 9.59 Å². The van der Waals surface area contributed by atoms with Crippen LogP contribution in [-0.4, -0.2) is 30.6 Å². The molecule has 3 aromatic rings. The van der Waals surface area contributed by atoms with E-state index in [1.165, 1.54) is 30.6 Å². The van der Waals surface area contributed by atoms with Gasteiger partial charge in [-0.15, -0.1) is 0 Å². The minimum atomic E-state index is -0.746. The quantitative estimate of drug-likeness (QED) is 0.479. The van der Waals surface area contributed by atoms with Gasteiger partial charge in [-0.2, -0.15) is 0 Å². The molecule has 0 spiro atoms. The van der Waals surface area contributed by atoms with E-state index in [-0.39, 0.29) is 22.0 Å². The van der Waals surface area contributed by atoms with Crippen molar-refractivity contribution >= 4 is 55.8 Å². The second-order valence-corrected chi connectivity index (χ2v) is 7.58. The van der Waals surface area contributed by atoms with Crippen molar-refractivity contribution in [2.45, 2.75) is 13.8 Å². The lowest BCUT2D eigenvalue weighted by Crippen LogP contribution is -2.21. The van der Waals surface area contributed by atoms with Crippen molar-refractivity contribution in [3.05, 3.63) is 46.0 Å². The minimum absolute atomic E-state index is 0.0839. The summed E-state index contributed by atoms with van der Waals surface area (Å²) in [5.74, 6) is -1.03. The highest BCUT2D eigenvalue weighted by Crippen LogP contribution is 2.30. The fourth-order valence-electron chi connectivity index (χ4n) is 2.69. The van der Waals surface area contributed by atoms with Crippen LogP contribution in [0, 0.1) is 13.8 Å². The Hall–Kier alpha value is -2.84. The number of rotatable bonds is 5. The lowest BCUT2D eigenvalue weighted by molar-refractivity contribution is -0.119. The van der Waals surface area contributed by atoms with Crippen molar-refractivity contribution in [3.8, 4) is 5.75 Å². The van der Waals surface area contributed by atoms with Gasteiger partial charge in [0, 0.05) is 6.07 Å². The number of anilines is 2. The van der Waals surface area contributed by atoms with Crippen molar-refractivity contribution in [2.24, 2.45) is 0 Å². The third-order valence-corrected chi connectivity index (χ3v) is 5.19. The van der Waals surface area contributed by atoms with E-state index in [1.54, 1.807) is 0 Å². The van der Waals surface area contributed by atoms with Gasteiger partial charge in [-0.05, 0) is 37.1 Å². The molecule has 1 heterocycles. The summed E-state index contributed by atoms with van der Waals surface area (Å²) in [5, 5.41) is 3.28. The molecule has 3 N–H and O–H groups in total. The molecule has 28 heavy (non-hydrogen) atoms. The van der Waals surface area contributed by atoms with E-state index in [2.05, 4.69) is 10.3 Å². The first-order chi connectivity index (χ1) is 13.3. The average molecular weight is 420 g/mol. The van der Waals surface area contributed by atoms with Crippen LogP contribution in [0.5, 0.6) is 5.75 Å². The highest BCUT2D eigenvalue weighted by molar-refractivity contribution is 7.22. The normalized spacial score (nSPS) is 10.7. The fourth-order valence-corrected chi connectivity index (χ4v) is 3.91. The van der Waals surface area contributed by atoms with Crippen LogP contribution in [0.4, 0.5) is 10.8 Å². The molecule has 0 bridgehead atoms. The van der Waals surface area contributed by atoms with Gasteiger partial charge < -0.3 is 15.2 Å². The van der Waals surface area contributed by atoms with Crippen LogP contribution < -0.4 is 15.8 Å².